The molecule has 5 nitrogen and oxygen atoms in total. The molecule has 6 heteroatoms. The number of nitrogens with zero attached hydrogens (tertiary/aromatic N) is 1. The van der Waals surface area contributed by atoms with Crippen LogP contribution in [0.4, 0.5) is 0 Å². The van der Waals surface area contributed by atoms with Gasteiger partial charge in [0.25, 0.3) is 0 Å². The number of carbonyl (C=O) groups is 1. The highest BCUT2D eigenvalue weighted by molar-refractivity contribution is 7.84. The third-order valence-corrected chi connectivity index (χ3v) is 3.16. The molecule has 1 unspecified atom stereocenters. The lowest BCUT2D eigenvalue weighted by atomic mass is 10.2. The van der Waals surface area contributed by atoms with Gasteiger partial charge in [-0.3, -0.25) is 9.31 Å². The molecule has 0 amide bonds. The number of fused-ring (bicyclic) bond motifs is 1. The predicted octanol–water partition coefficient (Wildman–Crippen LogP) is 1.09. The quantitative estimate of drug-likeness (QED) is 0.795. The van der Waals surface area contributed by atoms with Crippen LogP contribution in [-0.2, 0) is 15.5 Å². The van der Waals surface area contributed by atoms with Crippen LogP contribution in [0.2, 0.25) is 0 Å². The van der Waals surface area contributed by atoms with Gasteiger partial charge in [-0.2, -0.15) is 5.10 Å². The van der Waals surface area contributed by atoms with Crippen LogP contribution in [-0.4, -0.2) is 33.7 Å². The third-order valence-electron chi connectivity index (χ3n) is 2.24. The Labute approximate surface area is 94.3 Å². The van der Waals surface area contributed by atoms with Crippen molar-refractivity contribution in [1.82, 2.24) is 10.2 Å². The van der Waals surface area contributed by atoms with Crippen molar-refractivity contribution in [1.29, 1.82) is 0 Å². The van der Waals surface area contributed by atoms with Crippen LogP contribution in [0.5, 0.6) is 0 Å². The zero-order valence-corrected chi connectivity index (χ0v) is 9.63. The fraction of sp³-hybridized carbons (Fsp3) is 0.200. The maximum Gasteiger partial charge on any atom is 0.359 e. The number of aromatic amines is 1. The van der Waals surface area contributed by atoms with Crippen LogP contribution >= 0.6 is 0 Å². The number of rotatable bonds is 2. The van der Waals surface area contributed by atoms with Crippen LogP contribution in [0.3, 0.4) is 0 Å². The summed E-state index contributed by atoms with van der Waals surface area (Å²) in [6, 6.07) is 5.13. The van der Waals surface area contributed by atoms with Gasteiger partial charge in [0.2, 0.25) is 0 Å². The van der Waals surface area contributed by atoms with Crippen molar-refractivity contribution in [2.45, 2.75) is 4.90 Å². The first-order chi connectivity index (χ1) is 7.63. The summed E-state index contributed by atoms with van der Waals surface area (Å²) in [4.78, 5) is 12.0. The van der Waals surface area contributed by atoms with E-state index >= 15 is 0 Å². The number of aromatic nitrogens is 2. The van der Waals surface area contributed by atoms with Crippen LogP contribution in [0, 0.1) is 0 Å². The molecule has 0 radical (unpaired) electrons. The summed E-state index contributed by atoms with van der Waals surface area (Å²) in [6.07, 6.45) is 1.60. The molecule has 1 aromatic heterocycles. The van der Waals surface area contributed by atoms with E-state index in [1.807, 2.05) is 0 Å². The molecule has 0 saturated heterocycles. The van der Waals surface area contributed by atoms with Gasteiger partial charge in [0, 0.05) is 27.3 Å². The van der Waals surface area contributed by atoms with Crippen LogP contribution in [0.15, 0.2) is 23.1 Å². The average molecular weight is 238 g/mol. The van der Waals surface area contributed by atoms with Crippen molar-refractivity contribution in [2.75, 3.05) is 13.4 Å². The lowest BCUT2D eigenvalue weighted by Gasteiger charge is -1.97. The van der Waals surface area contributed by atoms with Crippen molar-refractivity contribution in [3.05, 3.63) is 23.9 Å². The van der Waals surface area contributed by atoms with Crippen molar-refractivity contribution >= 4 is 27.7 Å². The molecule has 0 aliphatic carbocycles. The van der Waals surface area contributed by atoms with Crippen LogP contribution in [0.1, 0.15) is 10.5 Å². The Hall–Kier alpha value is -1.69. The minimum Gasteiger partial charge on any atom is -0.464 e. The van der Waals surface area contributed by atoms with Crippen molar-refractivity contribution in [3.63, 3.8) is 0 Å². The molecule has 1 atom stereocenters. The molecule has 2 aromatic rings. The fourth-order valence-corrected chi connectivity index (χ4v) is 1.97. The van der Waals surface area contributed by atoms with E-state index in [4.69, 9.17) is 0 Å². The van der Waals surface area contributed by atoms with Gasteiger partial charge in [-0.05, 0) is 18.2 Å². The highest BCUT2D eigenvalue weighted by Gasteiger charge is 2.14. The third kappa shape index (κ3) is 1.71. The normalized spacial score (nSPS) is 12.6. The SMILES string of the molecule is COC(=O)c1n[nH]c2cc(S(C)=O)ccc12. The van der Waals surface area contributed by atoms with Gasteiger partial charge in [-0.25, -0.2) is 4.79 Å². The zero-order valence-electron chi connectivity index (χ0n) is 8.81. The molecule has 0 aliphatic heterocycles. The minimum absolute atomic E-state index is 0.242. The number of hydrogen-bond donors (Lipinski definition) is 1. The van der Waals surface area contributed by atoms with Gasteiger partial charge in [-0.15, -0.1) is 0 Å². The number of esters is 1. The number of carbonyl (C=O) groups excluding carboxylic acids is 1. The topological polar surface area (TPSA) is 72.0 Å². The van der Waals surface area contributed by atoms with Gasteiger partial charge >= 0.3 is 5.97 Å². The van der Waals surface area contributed by atoms with Crippen molar-refractivity contribution in [2.24, 2.45) is 0 Å². The van der Waals surface area contributed by atoms with Crippen molar-refractivity contribution in [3.8, 4) is 0 Å². The summed E-state index contributed by atoms with van der Waals surface area (Å²) in [5.41, 5.74) is 0.916. The number of benzene rings is 1. The van der Waals surface area contributed by atoms with E-state index in [1.165, 1.54) is 7.11 Å². The lowest BCUT2D eigenvalue weighted by Crippen LogP contribution is -2.01. The van der Waals surface area contributed by atoms with Gasteiger partial charge in [0.15, 0.2) is 5.69 Å². The maximum absolute atomic E-state index is 11.3. The fourth-order valence-electron chi connectivity index (χ4n) is 1.43. The molecule has 0 aliphatic rings. The largest absolute Gasteiger partial charge is 0.464 e. The zero-order chi connectivity index (χ0) is 11.7. The second-order valence-electron chi connectivity index (χ2n) is 3.23. The van der Waals surface area contributed by atoms with Gasteiger partial charge in [0.05, 0.1) is 12.6 Å². The Kier molecular flexibility index (Phi) is 2.74. The molecular weight excluding hydrogens is 228 g/mol. The summed E-state index contributed by atoms with van der Waals surface area (Å²) in [5, 5.41) is 7.25. The van der Waals surface area contributed by atoms with E-state index in [2.05, 4.69) is 14.9 Å². The molecule has 0 spiro atoms. The molecular formula is C10H10N2O3S. The number of methoxy groups -OCH3 is 1. The highest BCUT2D eigenvalue weighted by atomic mass is 32.2. The summed E-state index contributed by atoms with van der Waals surface area (Å²) in [6.45, 7) is 0. The van der Waals surface area contributed by atoms with Crippen LogP contribution < -0.4 is 0 Å². The number of nitrogens with one attached hydrogen (secondary N) is 1. The molecule has 2 rings (SSSR count). The number of ether oxygens (including phenoxy) is 1. The number of H-pyrrole nitrogens is 1. The standard InChI is InChI=1S/C10H10N2O3S/c1-15-10(13)9-7-4-3-6(16(2)14)5-8(7)11-12-9/h3-5H,1-2H3,(H,11,12). The predicted molar refractivity (Wildman–Crippen MR) is 59.8 cm³/mol. The van der Waals surface area contributed by atoms with Gasteiger partial charge < -0.3 is 4.74 Å². The summed E-state index contributed by atoms with van der Waals surface area (Å²) in [7, 11) is 0.252. The Morgan fingerprint density at radius 1 is 1.50 bits per heavy atom. The van der Waals surface area contributed by atoms with E-state index in [-0.39, 0.29) is 5.69 Å². The smallest absolute Gasteiger partial charge is 0.359 e. The van der Waals surface area contributed by atoms with E-state index in [9.17, 15) is 9.00 Å². The second kappa shape index (κ2) is 4.05. The molecule has 0 fully saturated rings. The molecule has 1 N–H and O–H groups in total. The summed E-state index contributed by atoms with van der Waals surface area (Å²) in [5.74, 6) is -0.489. The lowest BCUT2D eigenvalue weighted by molar-refractivity contribution is 0.0596. The summed E-state index contributed by atoms with van der Waals surface area (Å²) >= 11 is 0. The second-order valence-corrected chi connectivity index (χ2v) is 4.60. The Balaban J connectivity index is 2.59. The van der Waals surface area contributed by atoms with E-state index < -0.39 is 16.8 Å². The Morgan fingerprint density at radius 3 is 2.88 bits per heavy atom. The molecule has 16 heavy (non-hydrogen) atoms. The van der Waals surface area contributed by atoms with Gasteiger partial charge in [-0.1, -0.05) is 0 Å². The monoisotopic (exact) mass is 238 g/mol. The van der Waals surface area contributed by atoms with Gasteiger partial charge in [0.1, 0.15) is 0 Å². The maximum atomic E-state index is 11.3. The molecule has 84 valence electrons. The summed E-state index contributed by atoms with van der Waals surface area (Å²) < 4.78 is 15.9. The number of hydrogen-bond acceptors (Lipinski definition) is 4. The molecule has 1 aromatic carbocycles. The van der Waals surface area contributed by atoms with E-state index in [0.29, 0.717) is 15.8 Å². The Morgan fingerprint density at radius 2 is 2.25 bits per heavy atom. The highest BCUT2D eigenvalue weighted by Crippen LogP contribution is 2.19. The first-order valence-corrected chi connectivity index (χ1v) is 6.09. The Bertz CT molecular complexity index is 576. The first-order valence-electron chi connectivity index (χ1n) is 4.53. The van der Waals surface area contributed by atoms with Crippen LogP contribution in [0.25, 0.3) is 10.9 Å². The average Bonchev–Trinajstić information content (AvgIpc) is 2.70. The first kappa shape index (κ1) is 10.8. The van der Waals surface area contributed by atoms with E-state index in [1.54, 1.807) is 24.5 Å². The minimum atomic E-state index is -1.05. The molecule has 0 bridgehead atoms. The van der Waals surface area contributed by atoms with E-state index in [0.717, 1.165) is 0 Å². The molecule has 0 saturated carbocycles. The van der Waals surface area contributed by atoms with Crippen molar-refractivity contribution < 1.29 is 13.7 Å². The molecule has 1 heterocycles.